The summed E-state index contributed by atoms with van der Waals surface area (Å²) < 4.78 is 9.39. The summed E-state index contributed by atoms with van der Waals surface area (Å²) in [4.78, 5) is 28.0. The zero-order valence-electron chi connectivity index (χ0n) is 20.5. The van der Waals surface area contributed by atoms with Crippen LogP contribution in [-0.4, -0.2) is 60.3 Å². The van der Waals surface area contributed by atoms with Gasteiger partial charge in [0.1, 0.15) is 5.69 Å². The van der Waals surface area contributed by atoms with E-state index in [0.717, 1.165) is 35.1 Å². The Morgan fingerprint density at radius 2 is 1.94 bits per heavy atom. The number of urea groups is 1. The van der Waals surface area contributed by atoms with Gasteiger partial charge in [-0.1, -0.05) is 42.1 Å². The van der Waals surface area contributed by atoms with Crippen LogP contribution in [-0.2, 0) is 16.6 Å². The highest BCUT2D eigenvalue weighted by molar-refractivity contribution is 7.99. The van der Waals surface area contributed by atoms with E-state index >= 15 is 0 Å². The Bertz CT molecular complexity index is 1300. The minimum atomic E-state index is -0.595. The van der Waals surface area contributed by atoms with Gasteiger partial charge in [-0.3, -0.25) is 14.1 Å². The van der Waals surface area contributed by atoms with E-state index in [9.17, 15) is 9.59 Å². The summed E-state index contributed by atoms with van der Waals surface area (Å²) >= 11 is 1.48. The van der Waals surface area contributed by atoms with Crippen molar-refractivity contribution in [1.82, 2.24) is 34.8 Å². The Labute approximate surface area is 213 Å². The zero-order valence-corrected chi connectivity index (χ0v) is 21.4. The first-order valence-corrected chi connectivity index (χ1v) is 13.1. The van der Waals surface area contributed by atoms with Gasteiger partial charge in [0.25, 0.3) is 0 Å². The van der Waals surface area contributed by atoms with Crippen LogP contribution in [0.3, 0.4) is 0 Å². The maximum absolute atomic E-state index is 13.2. The number of hydrogen-bond donors (Lipinski definition) is 1. The zero-order chi connectivity index (χ0) is 25.2. The number of esters is 1. The first-order chi connectivity index (χ1) is 17.5. The van der Waals surface area contributed by atoms with Crippen molar-refractivity contribution < 1.29 is 14.3 Å². The van der Waals surface area contributed by atoms with Gasteiger partial charge >= 0.3 is 12.0 Å². The number of carbonyl (C=O) groups is 2. The summed E-state index contributed by atoms with van der Waals surface area (Å²) in [6.45, 7) is 4.33. The standard InChI is InChI=1S/C25H29N7O3S/c1-4-31-19(20(23(33)35-5-2)21(27-24(31)34)16-9-7-6-8-10-16)15-36-25-29-28-22(32(25)17-11-12-17)18-13-14-26-30(18)3/h6-10,13-14,17,21H,4-5,11-12,15H2,1-3H3,(H,27,34)/t21-/m0/s1. The monoisotopic (exact) mass is 507 g/mol. The highest BCUT2D eigenvalue weighted by atomic mass is 32.2. The topological polar surface area (TPSA) is 107 Å². The number of rotatable bonds is 9. The number of hydrogen-bond acceptors (Lipinski definition) is 7. The van der Waals surface area contributed by atoms with E-state index in [4.69, 9.17) is 4.74 Å². The van der Waals surface area contributed by atoms with Crippen LogP contribution < -0.4 is 5.32 Å². The third-order valence-electron chi connectivity index (χ3n) is 6.35. The second kappa shape index (κ2) is 10.2. The molecule has 5 rings (SSSR count). The average Bonchev–Trinajstić information content (AvgIpc) is 3.50. The number of benzene rings is 1. The van der Waals surface area contributed by atoms with Crippen LogP contribution in [0.15, 0.2) is 59.0 Å². The van der Waals surface area contributed by atoms with Gasteiger partial charge in [0, 0.05) is 37.3 Å². The third kappa shape index (κ3) is 4.50. The molecule has 3 aromatic rings. The number of carbonyl (C=O) groups excluding carboxylic acids is 2. The van der Waals surface area contributed by atoms with Crippen LogP contribution in [0.4, 0.5) is 4.79 Å². The normalized spacial score (nSPS) is 17.9. The van der Waals surface area contributed by atoms with Crippen molar-refractivity contribution in [2.24, 2.45) is 7.05 Å². The van der Waals surface area contributed by atoms with Crippen molar-refractivity contribution >= 4 is 23.8 Å². The number of ether oxygens (including phenoxy) is 1. The summed E-state index contributed by atoms with van der Waals surface area (Å²) in [5, 5.41) is 17.0. The predicted octanol–water partition coefficient (Wildman–Crippen LogP) is 3.71. The predicted molar refractivity (Wildman–Crippen MR) is 135 cm³/mol. The first kappa shape index (κ1) is 24.1. The molecule has 0 unspecified atom stereocenters. The molecule has 0 spiro atoms. The van der Waals surface area contributed by atoms with Crippen LogP contribution in [0.25, 0.3) is 11.5 Å². The molecule has 2 aliphatic rings. The van der Waals surface area contributed by atoms with Crippen LogP contribution in [0.1, 0.15) is 44.3 Å². The Balaban J connectivity index is 1.54. The number of amides is 2. The van der Waals surface area contributed by atoms with Gasteiger partial charge in [-0.25, -0.2) is 9.59 Å². The molecular weight excluding hydrogens is 478 g/mol. The molecule has 1 aromatic carbocycles. The van der Waals surface area contributed by atoms with E-state index in [1.807, 2.05) is 50.4 Å². The lowest BCUT2D eigenvalue weighted by atomic mass is 9.95. The largest absolute Gasteiger partial charge is 0.463 e. The van der Waals surface area contributed by atoms with E-state index in [2.05, 4.69) is 25.2 Å². The van der Waals surface area contributed by atoms with E-state index in [1.165, 1.54) is 11.8 Å². The molecule has 2 aromatic heterocycles. The summed E-state index contributed by atoms with van der Waals surface area (Å²) in [7, 11) is 1.88. The molecule has 0 bridgehead atoms. The molecule has 10 nitrogen and oxygen atoms in total. The number of aryl methyl sites for hydroxylation is 1. The molecule has 1 aliphatic carbocycles. The van der Waals surface area contributed by atoms with Gasteiger partial charge in [-0.15, -0.1) is 10.2 Å². The molecule has 188 valence electrons. The SMILES string of the molecule is CCOC(=O)C1=C(CSc2nnc(-c3ccnn3C)n2C2CC2)N(CC)C(=O)N[C@H]1c1ccccc1. The Kier molecular flexibility index (Phi) is 6.82. The number of nitrogens with zero attached hydrogens (tertiary/aromatic N) is 6. The first-order valence-electron chi connectivity index (χ1n) is 12.1. The maximum Gasteiger partial charge on any atom is 0.338 e. The van der Waals surface area contributed by atoms with Crippen molar-refractivity contribution in [3.05, 3.63) is 59.4 Å². The number of aromatic nitrogens is 5. The Morgan fingerprint density at radius 1 is 1.17 bits per heavy atom. The average molecular weight is 508 g/mol. The van der Waals surface area contributed by atoms with Crippen molar-refractivity contribution in [3.63, 3.8) is 0 Å². The van der Waals surface area contributed by atoms with E-state index in [1.54, 1.807) is 22.7 Å². The molecule has 1 atom stereocenters. The molecule has 2 amide bonds. The maximum atomic E-state index is 13.2. The van der Waals surface area contributed by atoms with Crippen LogP contribution in [0.2, 0.25) is 0 Å². The molecule has 36 heavy (non-hydrogen) atoms. The lowest BCUT2D eigenvalue weighted by Gasteiger charge is -2.36. The van der Waals surface area contributed by atoms with Crippen molar-refractivity contribution in [1.29, 1.82) is 0 Å². The quantitative estimate of drug-likeness (QED) is 0.348. The second-order valence-electron chi connectivity index (χ2n) is 8.65. The van der Waals surface area contributed by atoms with Crippen LogP contribution in [0.5, 0.6) is 0 Å². The lowest BCUT2D eigenvalue weighted by Crippen LogP contribution is -2.49. The third-order valence-corrected chi connectivity index (χ3v) is 7.30. The molecule has 0 radical (unpaired) electrons. The van der Waals surface area contributed by atoms with Crippen molar-refractivity contribution in [3.8, 4) is 11.5 Å². The highest BCUT2D eigenvalue weighted by Crippen LogP contribution is 2.42. The minimum Gasteiger partial charge on any atom is -0.463 e. The Hall–Kier alpha value is -3.60. The van der Waals surface area contributed by atoms with Gasteiger partial charge in [0.15, 0.2) is 11.0 Å². The minimum absolute atomic E-state index is 0.241. The molecule has 3 heterocycles. The molecule has 1 saturated carbocycles. The molecule has 0 saturated heterocycles. The van der Waals surface area contributed by atoms with Gasteiger partial charge in [-0.2, -0.15) is 5.10 Å². The Morgan fingerprint density at radius 3 is 2.58 bits per heavy atom. The summed E-state index contributed by atoms with van der Waals surface area (Å²) in [6.07, 6.45) is 3.87. The fourth-order valence-corrected chi connectivity index (χ4v) is 5.53. The van der Waals surface area contributed by atoms with Crippen molar-refractivity contribution in [2.75, 3.05) is 18.9 Å². The summed E-state index contributed by atoms with van der Waals surface area (Å²) in [6, 6.07) is 10.9. The molecular formula is C25H29N7O3S. The van der Waals surface area contributed by atoms with E-state index < -0.39 is 12.0 Å². The fourth-order valence-electron chi connectivity index (χ4n) is 4.48. The van der Waals surface area contributed by atoms with Crippen LogP contribution >= 0.6 is 11.8 Å². The molecule has 1 N–H and O–H groups in total. The second-order valence-corrected chi connectivity index (χ2v) is 9.60. The summed E-state index contributed by atoms with van der Waals surface area (Å²) in [5.74, 6) is 0.713. The number of thioether (sulfide) groups is 1. The highest BCUT2D eigenvalue weighted by Gasteiger charge is 2.38. The van der Waals surface area contributed by atoms with Crippen LogP contribution in [0, 0.1) is 0 Å². The van der Waals surface area contributed by atoms with E-state index in [0.29, 0.717) is 29.6 Å². The van der Waals surface area contributed by atoms with Gasteiger partial charge in [0.2, 0.25) is 0 Å². The summed E-state index contributed by atoms with van der Waals surface area (Å²) in [5.41, 5.74) is 2.79. The van der Waals surface area contributed by atoms with Gasteiger partial charge < -0.3 is 10.1 Å². The molecule has 1 fully saturated rings. The van der Waals surface area contributed by atoms with Gasteiger partial charge in [0.05, 0.1) is 18.2 Å². The molecule has 11 heteroatoms. The smallest absolute Gasteiger partial charge is 0.338 e. The van der Waals surface area contributed by atoms with Gasteiger partial charge in [-0.05, 0) is 38.3 Å². The van der Waals surface area contributed by atoms with E-state index in [-0.39, 0.29) is 12.6 Å². The fraction of sp³-hybridized carbons (Fsp3) is 0.400. The number of nitrogens with one attached hydrogen (secondary N) is 1. The molecule has 1 aliphatic heterocycles. The lowest BCUT2D eigenvalue weighted by molar-refractivity contribution is -0.139. The van der Waals surface area contributed by atoms with Crippen molar-refractivity contribution in [2.45, 2.75) is 43.9 Å².